The van der Waals surface area contributed by atoms with Crippen LogP contribution < -0.4 is 5.32 Å². The number of hydrogen-bond acceptors (Lipinski definition) is 4. The SMILES string of the molecule is Cc1nc2ccccc2n1CCNC(=O)Cc1csc(-c2ccc(C(F)(F)F)cc2)n1. The zero-order chi connectivity index (χ0) is 22.0. The van der Waals surface area contributed by atoms with Gasteiger partial charge in [0.1, 0.15) is 10.8 Å². The van der Waals surface area contributed by atoms with Gasteiger partial charge in [-0.2, -0.15) is 13.2 Å². The number of carbonyl (C=O) groups is 1. The Morgan fingerprint density at radius 1 is 1.10 bits per heavy atom. The number of thiazole rings is 1. The first-order chi connectivity index (χ1) is 14.8. The number of amides is 1. The maximum absolute atomic E-state index is 12.7. The number of benzene rings is 2. The Bertz CT molecular complexity index is 1210. The Labute approximate surface area is 180 Å². The highest BCUT2D eigenvalue weighted by Crippen LogP contribution is 2.31. The van der Waals surface area contributed by atoms with Crippen molar-refractivity contribution in [1.82, 2.24) is 19.9 Å². The molecule has 4 aromatic rings. The molecule has 0 fully saturated rings. The summed E-state index contributed by atoms with van der Waals surface area (Å²) < 4.78 is 40.2. The Kier molecular flexibility index (Phi) is 5.77. The molecule has 0 unspecified atom stereocenters. The third-order valence-electron chi connectivity index (χ3n) is 4.86. The van der Waals surface area contributed by atoms with Crippen LogP contribution in [0.15, 0.2) is 53.9 Å². The van der Waals surface area contributed by atoms with E-state index < -0.39 is 11.7 Å². The molecule has 0 aliphatic heterocycles. The minimum Gasteiger partial charge on any atom is -0.354 e. The second kappa shape index (κ2) is 8.50. The van der Waals surface area contributed by atoms with Crippen molar-refractivity contribution in [1.29, 1.82) is 0 Å². The summed E-state index contributed by atoms with van der Waals surface area (Å²) in [5, 5.41) is 5.22. The van der Waals surface area contributed by atoms with E-state index in [1.807, 2.05) is 31.2 Å². The molecule has 0 aliphatic carbocycles. The van der Waals surface area contributed by atoms with E-state index in [0.29, 0.717) is 29.4 Å². The summed E-state index contributed by atoms with van der Waals surface area (Å²) in [5.41, 5.74) is 2.42. The molecule has 0 saturated carbocycles. The first kappa shape index (κ1) is 21.0. The quantitative estimate of drug-likeness (QED) is 0.463. The topological polar surface area (TPSA) is 59.8 Å². The van der Waals surface area contributed by atoms with Crippen LogP contribution in [0, 0.1) is 6.92 Å². The number of aromatic nitrogens is 3. The third kappa shape index (κ3) is 4.77. The fourth-order valence-corrected chi connectivity index (χ4v) is 4.16. The molecule has 9 heteroatoms. The first-order valence-corrected chi connectivity index (χ1v) is 10.5. The molecule has 0 radical (unpaired) electrons. The summed E-state index contributed by atoms with van der Waals surface area (Å²) in [6.45, 7) is 2.99. The molecule has 0 saturated heterocycles. The van der Waals surface area contributed by atoms with E-state index in [4.69, 9.17) is 0 Å². The number of para-hydroxylation sites is 2. The van der Waals surface area contributed by atoms with E-state index in [9.17, 15) is 18.0 Å². The third-order valence-corrected chi connectivity index (χ3v) is 5.80. The predicted molar refractivity (Wildman–Crippen MR) is 114 cm³/mol. The minimum absolute atomic E-state index is 0.112. The van der Waals surface area contributed by atoms with E-state index in [-0.39, 0.29) is 12.3 Å². The van der Waals surface area contributed by atoms with E-state index in [0.717, 1.165) is 29.0 Å². The lowest BCUT2D eigenvalue weighted by atomic mass is 10.1. The van der Waals surface area contributed by atoms with Gasteiger partial charge in [0.2, 0.25) is 5.91 Å². The fraction of sp³-hybridized carbons (Fsp3) is 0.227. The molecule has 0 spiro atoms. The van der Waals surface area contributed by atoms with Crippen LogP contribution in [0.3, 0.4) is 0 Å². The smallest absolute Gasteiger partial charge is 0.354 e. The summed E-state index contributed by atoms with van der Waals surface area (Å²) in [5.74, 6) is 0.725. The van der Waals surface area contributed by atoms with Crippen LogP contribution in [0.1, 0.15) is 17.1 Å². The normalized spacial score (nSPS) is 11.7. The molecule has 2 aromatic carbocycles. The zero-order valence-electron chi connectivity index (χ0n) is 16.6. The lowest BCUT2D eigenvalue weighted by molar-refractivity contribution is -0.137. The second-order valence-corrected chi connectivity index (χ2v) is 7.90. The molecule has 5 nitrogen and oxygen atoms in total. The van der Waals surface area contributed by atoms with Crippen molar-refractivity contribution in [3.63, 3.8) is 0 Å². The number of carbonyl (C=O) groups excluding carboxylic acids is 1. The number of halogens is 3. The molecule has 160 valence electrons. The van der Waals surface area contributed by atoms with Gasteiger partial charge in [0.15, 0.2) is 0 Å². The Morgan fingerprint density at radius 2 is 1.84 bits per heavy atom. The monoisotopic (exact) mass is 444 g/mol. The molecule has 0 bridgehead atoms. The van der Waals surface area contributed by atoms with Crippen molar-refractivity contribution in [3.05, 3.63) is 71.0 Å². The maximum Gasteiger partial charge on any atom is 0.416 e. The molecule has 1 amide bonds. The maximum atomic E-state index is 12.7. The molecule has 0 aliphatic rings. The van der Waals surface area contributed by atoms with Gasteiger partial charge in [0, 0.05) is 24.0 Å². The van der Waals surface area contributed by atoms with Crippen molar-refractivity contribution in [2.45, 2.75) is 26.1 Å². The molecule has 2 aromatic heterocycles. The zero-order valence-corrected chi connectivity index (χ0v) is 17.4. The lowest BCUT2D eigenvalue weighted by Crippen LogP contribution is -2.28. The first-order valence-electron chi connectivity index (χ1n) is 9.62. The number of fused-ring (bicyclic) bond motifs is 1. The summed E-state index contributed by atoms with van der Waals surface area (Å²) in [4.78, 5) is 21.2. The fourth-order valence-electron chi connectivity index (χ4n) is 3.33. The van der Waals surface area contributed by atoms with Gasteiger partial charge < -0.3 is 9.88 Å². The highest BCUT2D eigenvalue weighted by atomic mass is 32.1. The molecule has 1 N–H and O–H groups in total. The van der Waals surface area contributed by atoms with Crippen molar-refractivity contribution in [3.8, 4) is 10.6 Å². The van der Waals surface area contributed by atoms with Gasteiger partial charge in [0.25, 0.3) is 0 Å². The van der Waals surface area contributed by atoms with Gasteiger partial charge >= 0.3 is 6.18 Å². The summed E-state index contributed by atoms with van der Waals surface area (Å²) in [6, 6.07) is 12.7. The Balaban J connectivity index is 1.33. The lowest BCUT2D eigenvalue weighted by Gasteiger charge is -2.08. The van der Waals surface area contributed by atoms with E-state index in [1.54, 1.807) is 5.38 Å². The second-order valence-electron chi connectivity index (χ2n) is 7.05. The molecular weight excluding hydrogens is 425 g/mol. The van der Waals surface area contributed by atoms with E-state index in [2.05, 4.69) is 19.9 Å². The van der Waals surface area contributed by atoms with Crippen LogP contribution in [-0.2, 0) is 23.9 Å². The van der Waals surface area contributed by atoms with Gasteiger partial charge in [-0.05, 0) is 31.2 Å². The molecule has 31 heavy (non-hydrogen) atoms. The number of nitrogens with one attached hydrogen (secondary N) is 1. The average molecular weight is 444 g/mol. The van der Waals surface area contributed by atoms with E-state index in [1.165, 1.54) is 23.5 Å². The van der Waals surface area contributed by atoms with Crippen LogP contribution >= 0.6 is 11.3 Å². The molecule has 4 rings (SSSR count). The minimum atomic E-state index is -4.37. The Hall–Kier alpha value is -3.20. The van der Waals surface area contributed by atoms with Crippen LogP contribution in [0.4, 0.5) is 13.2 Å². The summed E-state index contributed by atoms with van der Waals surface area (Å²) in [7, 11) is 0. The number of alkyl halides is 3. The van der Waals surface area contributed by atoms with E-state index >= 15 is 0 Å². The average Bonchev–Trinajstić information content (AvgIpc) is 3.32. The molecule has 2 heterocycles. The van der Waals surface area contributed by atoms with Crippen molar-refractivity contribution in [2.75, 3.05) is 6.54 Å². The van der Waals surface area contributed by atoms with Gasteiger partial charge in [-0.15, -0.1) is 11.3 Å². The number of imidazole rings is 1. The van der Waals surface area contributed by atoms with Crippen molar-refractivity contribution < 1.29 is 18.0 Å². The number of rotatable bonds is 6. The van der Waals surface area contributed by atoms with Gasteiger partial charge in [-0.3, -0.25) is 4.79 Å². The molecular formula is C22H19F3N4OS. The standard InChI is InChI=1S/C22H19F3N4OS/c1-14-27-18-4-2-3-5-19(18)29(14)11-10-26-20(30)12-17-13-31-21(28-17)15-6-8-16(9-7-15)22(23,24)25/h2-9,13H,10-12H2,1H3,(H,26,30). The van der Waals surface area contributed by atoms with Crippen LogP contribution in [0.25, 0.3) is 21.6 Å². The Morgan fingerprint density at radius 3 is 2.58 bits per heavy atom. The van der Waals surface area contributed by atoms with Gasteiger partial charge in [0.05, 0.1) is 28.7 Å². The predicted octanol–water partition coefficient (Wildman–Crippen LogP) is 4.85. The van der Waals surface area contributed by atoms with Gasteiger partial charge in [-0.25, -0.2) is 9.97 Å². The highest BCUT2D eigenvalue weighted by molar-refractivity contribution is 7.13. The highest BCUT2D eigenvalue weighted by Gasteiger charge is 2.30. The summed E-state index contributed by atoms with van der Waals surface area (Å²) >= 11 is 1.30. The van der Waals surface area contributed by atoms with Gasteiger partial charge in [-0.1, -0.05) is 24.3 Å². The number of nitrogens with zero attached hydrogens (tertiary/aromatic N) is 3. The van der Waals surface area contributed by atoms with Crippen LogP contribution in [-0.4, -0.2) is 27.0 Å². The number of aryl methyl sites for hydroxylation is 1. The molecule has 0 atom stereocenters. The van der Waals surface area contributed by atoms with Crippen molar-refractivity contribution >= 4 is 28.3 Å². The largest absolute Gasteiger partial charge is 0.416 e. The number of hydrogen-bond donors (Lipinski definition) is 1. The van der Waals surface area contributed by atoms with Crippen LogP contribution in [0.2, 0.25) is 0 Å². The van der Waals surface area contributed by atoms with Crippen molar-refractivity contribution in [2.24, 2.45) is 0 Å². The van der Waals surface area contributed by atoms with Crippen LogP contribution in [0.5, 0.6) is 0 Å². The summed E-state index contributed by atoms with van der Waals surface area (Å²) in [6.07, 6.45) is -4.26.